The topological polar surface area (TPSA) is 235 Å². The van der Waals surface area contributed by atoms with Crippen molar-refractivity contribution in [2.24, 2.45) is 23.1 Å². The highest BCUT2D eigenvalue weighted by molar-refractivity contribution is 5.94. The molecule has 0 unspecified atom stereocenters. The Morgan fingerprint density at radius 1 is 0.786 bits per heavy atom. The molecule has 0 spiro atoms. The maximum Gasteiger partial charge on any atom is 0.312 e. The van der Waals surface area contributed by atoms with Crippen molar-refractivity contribution in [2.75, 3.05) is 30.9 Å². The number of urea groups is 2. The number of nitrogens with one attached hydrogen (secondary N) is 4. The van der Waals surface area contributed by atoms with Gasteiger partial charge in [-0.25, -0.2) is 9.59 Å². The van der Waals surface area contributed by atoms with E-state index < -0.39 is 25.3 Å². The lowest BCUT2D eigenvalue weighted by Gasteiger charge is -2.12. The lowest BCUT2D eigenvalue weighted by Crippen LogP contribution is -2.37. The van der Waals surface area contributed by atoms with E-state index in [0.717, 1.165) is 11.1 Å². The second-order valence-electron chi connectivity index (χ2n) is 9.06. The maximum atomic E-state index is 11.9. The highest BCUT2D eigenvalue weighted by Crippen LogP contribution is 2.13. The van der Waals surface area contributed by atoms with Crippen molar-refractivity contribution in [1.29, 1.82) is 0 Å². The van der Waals surface area contributed by atoms with Crippen molar-refractivity contribution >= 4 is 35.3 Å². The average molecular weight is 595 g/mol. The summed E-state index contributed by atoms with van der Waals surface area (Å²) >= 11 is 0. The number of rotatable bonds is 14. The van der Waals surface area contributed by atoms with Crippen LogP contribution in [0.4, 0.5) is 25.4 Å². The van der Waals surface area contributed by atoms with Crippen LogP contribution in [0.1, 0.15) is 45.1 Å². The van der Waals surface area contributed by atoms with Crippen LogP contribution < -0.4 is 38.5 Å². The van der Waals surface area contributed by atoms with Gasteiger partial charge in [-0.1, -0.05) is 31.2 Å². The third kappa shape index (κ3) is 17.4. The van der Waals surface area contributed by atoms with E-state index in [9.17, 15) is 23.6 Å². The molecule has 0 aliphatic carbocycles. The summed E-state index contributed by atoms with van der Waals surface area (Å²) in [6, 6.07) is 12.1. The largest absolute Gasteiger partial charge is 0.392 e. The first-order valence-electron chi connectivity index (χ1n) is 13.9. The molecule has 0 saturated carbocycles. The van der Waals surface area contributed by atoms with E-state index in [0.29, 0.717) is 50.1 Å². The normalized spacial score (nSPS) is 11.6. The zero-order valence-electron chi connectivity index (χ0n) is 24.8. The summed E-state index contributed by atoms with van der Waals surface area (Å²) in [4.78, 5) is 44.7. The van der Waals surface area contributed by atoms with Gasteiger partial charge >= 0.3 is 12.1 Å². The van der Waals surface area contributed by atoms with Gasteiger partial charge in [0.25, 0.3) is 0 Å². The number of carbonyl (C=O) groups excluding carboxylic acids is 4. The van der Waals surface area contributed by atoms with Crippen molar-refractivity contribution in [1.82, 2.24) is 10.6 Å². The third-order valence-electron chi connectivity index (χ3n) is 5.70. The van der Waals surface area contributed by atoms with Crippen LogP contribution in [-0.4, -0.2) is 60.4 Å². The molecule has 234 valence electrons. The van der Waals surface area contributed by atoms with E-state index >= 15 is 0 Å². The number of aliphatic hydroxyl groups excluding tert-OH is 2. The van der Waals surface area contributed by atoms with Crippen LogP contribution in [0.3, 0.4) is 0 Å². The second-order valence-corrected chi connectivity index (χ2v) is 9.06. The lowest BCUT2D eigenvalue weighted by atomic mass is 10.0. The van der Waals surface area contributed by atoms with Crippen molar-refractivity contribution in [3.63, 3.8) is 0 Å². The average Bonchev–Trinajstić information content (AvgIpc) is 2.98. The van der Waals surface area contributed by atoms with E-state index in [1.807, 2.05) is 6.92 Å². The Morgan fingerprint density at radius 3 is 1.55 bits per heavy atom. The number of hydrogen-bond acceptors (Lipinski definition) is 7. The number of anilines is 2. The van der Waals surface area contributed by atoms with Gasteiger partial charge < -0.3 is 48.7 Å². The number of halogens is 1. The predicted octanol–water partition coefficient (Wildman–Crippen LogP) is 1.68. The molecule has 6 amide bonds. The molecular formula is C28H44FN7O6. The quantitative estimate of drug-likeness (QED) is 0.147. The molecule has 0 aliphatic rings. The fourth-order valence-electron chi connectivity index (χ4n) is 3.30. The summed E-state index contributed by atoms with van der Waals surface area (Å²) in [6.07, 6.45) is 2.38. The zero-order valence-corrected chi connectivity index (χ0v) is 23.8. The Kier molecular flexibility index (Phi) is 19.1. The van der Waals surface area contributed by atoms with Gasteiger partial charge in [-0.05, 0) is 61.1 Å². The third-order valence-corrected chi connectivity index (χ3v) is 5.70. The highest BCUT2D eigenvalue weighted by atomic mass is 19.1. The molecule has 0 fully saturated rings. The molecule has 12 N–H and O–H groups in total. The molecule has 13 nitrogen and oxygen atoms in total. The van der Waals surface area contributed by atoms with Gasteiger partial charge in [-0.15, -0.1) is 0 Å². The molecule has 2 atom stereocenters. The predicted molar refractivity (Wildman–Crippen MR) is 160 cm³/mol. The van der Waals surface area contributed by atoms with Gasteiger partial charge in [-0.2, -0.15) is 0 Å². The van der Waals surface area contributed by atoms with E-state index in [-0.39, 0.29) is 30.9 Å². The van der Waals surface area contributed by atoms with E-state index in [4.69, 9.17) is 28.8 Å². The van der Waals surface area contributed by atoms with Crippen LogP contribution >= 0.6 is 0 Å². The van der Waals surface area contributed by atoms with Gasteiger partial charge in [0, 0.05) is 30.4 Å². The molecule has 0 radical (unpaired) electrons. The molecule has 0 aliphatic heterocycles. The van der Waals surface area contributed by atoms with Crippen molar-refractivity contribution in [3.8, 4) is 0 Å². The monoisotopic (exact) mass is 594 g/mol. The minimum absolute atomic E-state index is 0.0164. The van der Waals surface area contributed by atoms with Gasteiger partial charge in [-0.3, -0.25) is 14.0 Å². The Bertz CT molecular complexity index is 1010. The number of benzene rings is 2. The minimum Gasteiger partial charge on any atom is -0.392 e. The van der Waals surface area contributed by atoms with Crippen LogP contribution in [0.5, 0.6) is 0 Å². The number of amides is 6. The summed E-state index contributed by atoms with van der Waals surface area (Å²) in [5.41, 5.74) is 18.5. The second kappa shape index (κ2) is 22.4. The van der Waals surface area contributed by atoms with Crippen LogP contribution in [-0.2, 0) is 22.8 Å². The Morgan fingerprint density at radius 2 is 1.17 bits per heavy atom. The first-order valence-corrected chi connectivity index (χ1v) is 13.2. The molecular weight excluding hydrogens is 549 g/mol. The van der Waals surface area contributed by atoms with Crippen molar-refractivity contribution in [3.05, 3.63) is 59.7 Å². The summed E-state index contributed by atoms with van der Waals surface area (Å²) in [5, 5.41) is 28.3. The fourth-order valence-corrected chi connectivity index (χ4v) is 3.30. The van der Waals surface area contributed by atoms with Crippen molar-refractivity contribution < 1.29 is 35.2 Å². The molecule has 0 aromatic heterocycles. The standard InChI is InChI=1S/C14H21N3O3.C13H20N4O3.CH3F/c1-10(3-2-8-16-14(15)20)13(19)17-12-6-4-11(9-18)5-7-12;14-11(2-1-7-16-13(15)20)12(19)17-10-5-3-9(8-18)4-6-10;1-2/h4-7,10,18H,2-3,8-9H2,1H3,(H,17,19)(H3,15,16,20);3-6,11,18H,1-2,7-8,14H2,(H,17,19)(H3,15,16,20);1H3/t10-;11-;/m00./s1/i;;1D. The maximum absolute atomic E-state index is 11.9. The molecule has 2 rings (SSSR count). The number of alkyl halides is 1. The number of hydrogen-bond donors (Lipinski definition) is 9. The van der Waals surface area contributed by atoms with E-state index in [2.05, 4.69) is 21.3 Å². The first-order chi connectivity index (χ1) is 20.5. The lowest BCUT2D eigenvalue weighted by molar-refractivity contribution is -0.119. The molecule has 2 aromatic carbocycles. The van der Waals surface area contributed by atoms with Gasteiger partial charge in [0.05, 0.1) is 27.8 Å². The Balaban J connectivity index is 0.000000751. The summed E-state index contributed by atoms with van der Waals surface area (Å²) in [7, 11) is -1.00. The number of aliphatic hydroxyl groups is 2. The van der Waals surface area contributed by atoms with Crippen LogP contribution in [0.2, 0.25) is 0 Å². The molecule has 0 heterocycles. The van der Waals surface area contributed by atoms with Gasteiger partial charge in [0.2, 0.25) is 11.8 Å². The molecule has 0 bridgehead atoms. The summed E-state index contributed by atoms with van der Waals surface area (Å²) < 4.78 is 15.5. The summed E-state index contributed by atoms with van der Waals surface area (Å²) in [5.74, 6) is -0.510. The Labute approximate surface area is 246 Å². The summed E-state index contributed by atoms with van der Waals surface area (Å²) in [6.45, 7) is 2.64. The first kappa shape index (κ1) is 35.8. The fraction of sp³-hybridized carbons (Fsp3) is 0.429. The van der Waals surface area contributed by atoms with Crippen molar-refractivity contribution in [2.45, 2.75) is 51.9 Å². The Hall–Kier alpha value is -4.27. The number of carbonyl (C=O) groups is 4. The molecule has 14 heteroatoms. The highest BCUT2D eigenvalue weighted by Gasteiger charge is 2.14. The van der Waals surface area contributed by atoms with Gasteiger partial charge in [0.1, 0.15) is 0 Å². The minimum atomic E-state index is -1.00. The molecule has 2 aromatic rings. The number of primary amides is 2. The molecule has 42 heavy (non-hydrogen) atoms. The van der Waals surface area contributed by atoms with Gasteiger partial charge in [0.15, 0.2) is 0 Å². The van der Waals surface area contributed by atoms with Crippen LogP contribution in [0.15, 0.2) is 48.5 Å². The zero-order chi connectivity index (χ0) is 32.6. The van der Waals surface area contributed by atoms with E-state index in [1.54, 1.807) is 48.5 Å². The SMILES string of the molecule is C[C@@H](CCCNC(N)=O)C(=O)Nc1ccc(CO)cc1.NC(=O)NCCC[C@H](N)C(=O)Nc1ccc(CO)cc1.[2H]CF. The number of nitrogens with two attached hydrogens (primary N) is 3. The van der Waals surface area contributed by atoms with Crippen LogP contribution in [0, 0.1) is 5.92 Å². The smallest absolute Gasteiger partial charge is 0.312 e. The van der Waals surface area contributed by atoms with E-state index in [1.165, 1.54) is 0 Å². The van der Waals surface area contributed by atoms with Crippen LogP contribution in [0.25, 0.3) is 0 Å². The molecule has 0 saturated heterocycles.